The highest BCUT2D eigenvalue weighted by molar-refractivity contribution is 5.92. The Morgan fingerprint density at radius 1 is 1.32 bits per heavy atom. The van der Waals surface area contributed by atoms with Crippen LogP contribution in [0.4, 0.5) is 5.69 Å². The molecule has 2 unspecified atom stereocenters. The van der Waals surface area contributed by atoms with Crippen molar-refractivity contribution in [2.24, 2.45) is 16.6 Å². The van der Waals surface area contributed by atoms with Crippen LogP contribution in [0.1, 0.15) is 38.7 Å². The van der Waals surface area contributed by atoms with Crippen LogP contribution in [0.3, 0.4) is 0 Å². The van der Waals surface area contributed by atoms with E-state index in [4.69, 9.17) is 10.8 Å². The van der Waals surface area contributed by atoms with Crippen molar-refractivity contribution in [3.8, 4) is 0 Å². The average molecular weight is 263 g/mol. The molecule has 0 bridgehead atoms. The first kappa shape index (κ1) is 15.5. The van der Waals surface area contributed by atoms with Gasteiger partial charge in [-0.1, -0.05) is 32.9 Å². The van der Waals surface area contributed by atoms with E-state index in [0.29, 0.717) is 18.4 Å². The number of nitrogens with one attached hydrogen (secondary N) is 1. The van der Waals surface area contributed by atoms with Crippen LogP contribution in [0.2, 0.25) is 0 Å². The topological polar surface area (TPSA) is 70.6 Å². The van der Waals surface area contributed by atoms with Gasteiger partial charge in [0.2, 0.25) is 0 Å². The molecule has 0 fully saturated rings. The van der Waals surface area contributed by atoms with Crippen LogP contribution in [0.15, 0.2) is 29.3 Å². The van der Waals surface area contributed by atoms with E-state index in [1.165, 1.54) is 5.56 Å². The van der Waals surface area contributed by atoms with Crippen LogP contribution in [-0.2, 0) is 0 Å². The van der Waals surface area contributed by atoms with Crippen molar-refractivity contribution in [3.63, 3.8) is 0 Å². The maximum Gasteiger partial charge on any atom is 0.193 e. The van der Waals surface area contributed by atoms with Crippen molar-refractivity contribution in [2.45, 2.75) is 33.1 Å². The molecular weight excluding hydrogens is 238 g/mol. The van der Waals surface area contributed by atoms with Crippen molar-refractivity contribution in [1.82, 2.24) is 0 Å². The monoisotopic (exact) mass is 263 g/mol. The number of aliphatic imine (C=N–C) groups is 1. The predicted octanol–water partition coefficient (Wildman–Crippen LogP) is 2.56. The molecule has 4 N–H and O–H groups in total. The third-order valence-electron chi connectivity index (χ3n) is 3.25. The third kappa shape index (κ3) is 5.30. The Balaban J connectivity index is 2.57. The van der Waals surface area contributed by atoms with Crippen LogP contribution >= 0.6 is 0 Å². The van der Waals surface area contributed by atoms with Gasteiger partial charge < -0.3 is 16.2 Å². The van der Waals surface area contributed by atoms with Crippen LogP contribution in [-0.4, -0.2) is 24.2 Å². The van der Waals surface area contributed by atoms with Crippen molar-refractivity contribution in [2.75, 3.05) is 18.5 Å². The summed E-state index contributed by atoms with van der Waals surface area (Å²) in [5.41, 5.74) is 8.06. The van der Waals surface area contributed by atoms with E-state index in [1.807, 2.05) is 19.1 Å². The number of hydrogen-bond donors (Lipinski definition) is 3. The van der Waals surface area contributed by atoms with E-state index >= 15 is 0 Å². The Labute approximate surface area is 115 Å². The molecule has 0 amide bonds. The smallest absolute Gasteiger partial charge is 0.193 e. The number of aliphatic hydroxyl groups excluding tert-OH is 1. The highest BCUT2D eigenvalue weighted by atomic mass is 16.3. The zero-order valence-corrected chi connectivity index (χ0v) is 12.1. The number of benzene rings is 1. The average Bonchev–Trinajstić information content (AvgIpc) is 2.44. The summed E-state index contributed by atoms with van der Waals surface area (Å²) in [7, 11) is 0. The predicted molar refractivity (Wildman–Crippen MR) is 81.5 cm³/mol. The first-order chi connectivity index (χ1) is 9.06. The lowest BCUT2D eigenvalue weighted by Crippen LogP contribution is -2.24. The van der Waals surface area contributed by atoms with E-state index in [0.717, 1.165) is 12.1 Å². The zero-order chi connectivity index (χ0) is 14.3. The molecule has 4 nitrogen and oxygen atoms in total. The molecular formula is C15H25N3O. The van der Waals surface area contributed by atoms with Gasteiger partial charge in [-0.15, -0.1) is 0 Å². The summed E-state index contributed by atoms with van der Waals surface area (Å²) < 4.78 is 0. The van der Waals surface area contributed by atoms with Gasteiger partial charge in [0.15, 0.2) is 5.96 Å². The van der Waals surface area contributed by atoms with E-state index in [-0.39, 0.29) is 12.5 Å². The molecule has 0 heterocycles. The van der Waals surface area contributed by atoms with Crippen molar-refractivity contribution in [1.29, 1.82) is 0 Å². The maximum atomic E-state index is 8.91. The fourth-order valence-electron chi connectivity index (χ4n) is 1.63. The molecule has 4 heteroatoms. The third-order valence-corrected chi connectivity index (χ3v) is 3.25. The summed E-state index contributed by atoms with van der Waals surface area (Å²) in [4.78, 5) is 4.19. The Morgan fingerprint density at radius 2 is 1.95 bits per heavy atom. The lowest BCUT2D eigenvalue weighted by atomic mass is 9.99. The lowest BCUT2D eigenvalue weighted by molar-refractivity contribution is 0.242. The van der Waals surface area contributed by atoms with Gasteiger partial charge in [-0.05, 0) is 36.0 Å². The van der Waals surface area contributed by atoms with Gasteiger partial charge in [-0.25, -0.2) is 0 Å². The molecule has 0 aromatic heterocycles. The number of rotatable bonds is 6. The first-order valence-electron chi connectivity index (χ1n) is 6.84. The van der Waals surface area contributed by atoms with Gasteiger partial charge in [-0.2, -0.15) is 0 Å². The van der Waals surface area contributed by atoms with E-state index < -0.39 is 0 Å². The van der Waals surface area contributed by atoms with Crippen LogP contribution in [0.5, 0.6) is 0 Å². The second-order valence-corrected chi connectivity index (χ2v) is 5.07. The molecule has 0 saturated heterocycles. The Bertz CT molecular complexity index is 400. The van der Waals surface area contributed by atoms with E-state index in [1.54, 1.807) is 0 Å². The van der Waals surface area contributed by atoms with Gasteiger partial charge in [0, 0.05) is 18.8 Å². The number of guanidine groups is 1. The van der Waals surface area contributed by atoms with E-state index in [9.17, 15) is 0 Å². The first-order valence-corrected chi connectivity index (χ1v) is 6.84. The lowest BCUT2D eigenvalue weighted by Gasteiger charge is -2.11. The minimum atomic E-state index is 0.125. The number of hydrogen-bond acceptors (Lipinski definition) is 2. The molecule has 0 radical (unpaired) electrons. The highest BCUT2D eigenvalue weighted by Gasteiger charge is 2.03. The molecule has 1 rings (SSSR count). The quantitative estimate of drug-likeness (QED) is 0.545. The highest BCUT2D eigenvalue weighted by Crippen LogP contribution is 2.20. The molecule has 106 valence electrons. The Morgan fingerprint density at radius 3 is 2.47 bits per heavy atom. The fourth-order valence-corrected chi connectivity index (χ4v) is 1.63. The molecule has 0 aliphatic rings. The molecule has 0 aliphatic carbocycles. The number of anilines is 1. The Kier molecular flexibility index (Phi) is 6.36. The Hall–Kier alpha value is -1.55. The molecule has 1 aromatic carbocycles. The summed E-state index contributed by atoms with van der Waals surface area (Å²) in [5, 5.41) is 12.0. The van der Waals surface area contributed by atoms with Gasteiger partial charge in [0.05, 0.1) is 0 Å². The van der Waals surface area contributed by atoms with Crippen LogP contribution < -0.4 is 11.1 Å². The molecule has 19 heavy (non-hydrogen) atoms. The number of nitrogens with two attached hydrogens (primary N) is 1. The molecule has 1 aromatic rings. The summed E-state index contributed by atoms with van der Waals surface area (Å²) in [6.45, 7) is 6.98. The molecule has 0 spiro atoms. The SMILES string of the molecule is CCC(C)c1ccc(NC(N)=NCC(C)CO)cc1. The van der Waals surface area contributed by atoms with Gasteiger partial charge in [0.25, 0.3) is 0 Å². The summed E-state index contributed by atoms with van der Waals surface area (Å²) in [6, 6.07) is 8.25. The molecule has 2 atom stereocenters. The summed E-state index contributed by atoms with van der Waals surface area (Å²) in [6.07, 6.45) is 1.13. The second-order valence-electron chi connectivity index (χ2n) is 5.07. The van der Waals surface area contributed by atoms with Crippen molar-refractivity contribution >= 4 is 11.6 Å². The van der Waals surface area contributed by atoms with Gasteiger partial charge in [-0.3, -0.25) is 4.99 Å². The largest absolute Gasteiger partial charge is 0.396 e. The number of aliphatic hydroxyl groups is 1. The van der Waals surface area contributed by atoms with E-state index in [2.05, 4.69) is 36.3 Å². The maximum absolute atomic E-state index is 8.91. The minimum absolute atomic E-state index is 0.125. The fraction of sp³-hybridized carbons (Fsp3) is 0.533. The minimum Gasteiger partial charge on any atom is -0.396 e. The second kappa shape index (κ2) is 7.79. The van der Waals surface area contributed by atoms with Crippen molar-refractivity contribution in [3.05, 3.63) is 29.8 Å². The standard InChI is InChI=1S/C15H25N3O/c1-4-12(3)13-5-7-14(8-6-13)18-15(16)17-9-11(2)10-19/h5-8,11-12,19H,4,9-10H2,1-3H3,(H3,16,17,18). The number of nitrogens with zero attached hydrogens (tertiary/aromatic N) is 1. The van der Waals surface area contributed by atoms with Crippen molar-refractivity contribution < 1.29 is 5.11 Å². The van der Waals surface area contributed by atoms with Crippen LogP contribution in [0, 0.1) is 5.92 Å². The van der Waals surface area contributed by atoms with Gasteiger partial charge >= 0.3 is 0 Å². The molecule has 0 saturated carbocycles. The zero-order valence-electron chi connectivity index (χ0n) is 12.1. The van der Waals surface area contributed by atoms with Gasteiger partial charge in [0.1, 0.15) is 0 Å². The van der Waals surface area contributed by atoms with Crippen LogP contribution in [0.25, 0.3) is 0 Å². The normalized spacial score (nSPS) is 15.1. The summed E-state index contributed by atoms with van der Waals surface area (Å²) in [5.74, 6) is 1.09. The molecule has 0 aliphatic heterocycles. The summed E-state index contributed by atoms with van der Waals surface area (Å²) >= 11 is 0.